The molecule has 2 N–H and O–H groups in total. The molecule has 0 heterocycles. The van der Waals surface area contributed by atoms with Gasteiger partial charge in [-0.15, -0.1) is 0 Å². The van der Waals surface area contributed by atoms with Gasteiger partial charge in [0.05, 0.1) is 5.69 Å². The number of nitrogen functional groups attached to an aromatic ring is 1. The summed E-state index contributed by atoms with van der Waals surface area (Å²) in [5, 5.41) is 0. The van der Waals surface area contributed by atoms with Gasteiger partial charge in [0.2, 0.25) is 0 Å². The van der Waals surface area contributed by atoms with Crippen molar-refractivity contribution in [2.75, 3.05) is 5.73 Å². The van der Waals surface area contributed by atoms with Crippen molar-refractivity contribution >= 4 is 43.1 Å². The number of hydrogen-bond acceptors (Lipinski definition) is 1. The molecule has 3 heteroatoms. The Morgan fingerprint density at radius 2 is 2.00 bits per heavy atom. The molecule has 0 spiro atoms. The van der Waals surface area contributed by atoms with Crippen molar-refractivity contribution in [1.82, 2.24) is 0 Å². The molecule has 0 saturated carbocycles. The van der Waals surface area contributed by atoms with Gasteiger partial charge in [0.25, 0.3) is 0 Å². The molecule has 0 aliphatic carbocycles. The maximum Gasteiger partial charge on any atom is 0.0535 e. The van der Waals surface area contributed by atoms with Gasteiger partial charge in [0, 0.05) is 14.5 Å². The molecule has 0 aromatic heterocycles. The van der Waals surface area contributed by atoms with Crippen LogP contribution < -0.4 is 5.73 Å². The zero-order chi connectivity index (χ0) is 9.30. The van der Waals surface area contributed by atoms with Gasteiger partial charge in [-0.3, -0.25) is 0 Å². The van der Waals surface area contributed by atoms with E-state index in [4.69, 9.17) is 5.73 Å². The maximum atomic E-state index is 5.82. The molecule has 12 heavy (non-hydrogen) atoms. The highest BCUT2D eigenvalue weighted by Gasteiger charge is 2.04. The normalized spacial score (nSPS) is 9.92. The number of anilines is 1. The van der Waals surface area contributed by atoms with Crippen molar-refractivity contribution in [2.45, 2.75) is 6.92 Å². The summed E-state index contributed by atoms with van der Waals surface area (Å²) in [7, 11) is 0. The lowest BCUT2D eigenvalue weighted by Crippen LogP contribution is -1.93. The van der Waals surface area contributed by atoms with Crippen LogP contribution in [0.3, 0.4) is 0 Å². The van der Waals surface area contributed by atoms with Gasteiger partial charge < -0.3 is 5.73 Å². The Kier molecular flexibility index (Phi) is 2.96. The number of allylic oxidation sites excluding steroid dienone is 1. The second kappa shape index (κ2) is 3.62. The summed E-state index contributed by atoms with van der Waals surface area (Å²) in [4.78, 5) is 0. The number of nitrogens with two attached hydrogens (primary N) is 1. The van der Waals surface area contributed by atoms with Gasteiger partial charge >= 0.3 is 0 Å². The van der Waals surface area contributed by atoms with E-state index in [2.05, 4.69) is 38.4 Å². The minimum Gasteiger partial charge on any atom is -0.397 e. The van der Waals surface area contributed by atoms with E-state index < -0.39 is 0 Å². The molecule has 0 fully saturated rings. The first kappa shape index (κ1) is 9.81. The molecule has 1 rings (SSSR count). The summed E-state index contributed by atoms with van der Waals surface area (Å²) in [6, 6.07) is 3.88. The van der Waals surface area contributed by atoms with Crippen LogP contribution in [0, 0.1) is 0 Å². The van der Waals surface area contributed by atoms with Gasteiger partial charge in [-0.1, -0.05) is 22.5 Å². The molecular weight excluding hydrogens is 282 g/mol. The first-order valence-electron chi connectivity index (χ1n) is 3.42. The molecule has 0 atom stereocenters. The molecule has 1 nitrogen and oxygen atoms in total. The Morgan fingerprint density at radius 3 is 2.50 bits per heavy atom. The van der Waals surface area contributed by atoms with Crippen LogP contribution in [0.5, 0.6) is 0 Å². The van der Waals surface area contributed by atoms with E-state index in [1.807, 2.05) is 19.1 Å². The fraction of sp³-hybridized carbons (Fsp3) is 0.111. The van der Waals surface area contributed by atoms with Gasteiger partial charge in [0.1, 0.15) is 0 Å². The second-order valence-corrected chi connectivity index (χ2v) is 4.40. The summed E-state index contributed by atoms with van der Waals surface area (Å²) in [5.41, 5.74) is 8.52. The van der Waals surface area contributed by atoms with Crippen LogP contribution in [-0.4, -0.2) is 0 Å². The number of rotatable bonds is 1. The minimum absolute atomic E-state index is 0.741. The predicted molar refractivity (Wildman–Crippen MR) is 61.0 cm³/mol. The van der Waals surface area contributed by atoms with E-state index >= 15 is 0 Å². The zero-order valence-electron chi connectivity index (χ0n) is 6.70. The highest BCUT2D eigenvalue weighted by atomic mass is 79.9. The van der Waals surface area contributed by atoms with Crippen LogP contribution in [0.15, 0.2) is 27.7 Å². The van der Waals surface area contributed by atoms with Crippen LogP contribution in [0.1, 0.15) is 12.5 Å². The zero-order valence-corrected chi connectivity index (χ0v) is 9.87. The molecule has 0 radical (unpaired) electrons. The average Bonchev–Trinajstić information content (AvgIpc) is 1.96. The van der Waals surface area contributed by atoms with Gasteiger partial charge in [-0.25, -0.2) is 0 Å². The number of halogens is 2. The predicted octanol–water partition coefficient (Wildman–Crippen LogP) is 3.83. The monoisotopic (exact) mass is 289 g/mol. The second-order valence-electron chi connectivity index (χ2n) is 2.63. The van der Waals surface area contributed by atoms with Crippen molar-refractivity contribution in [1.29, 1.82) is 0 Å². The lowest BCUT2D eigenvalue weighted by Gasteiger charge is -2.07. The molecule has 0 unspecified atom stereocenters. The summed E-state index contributed by atoms with van der Waals surface area (Å²) in [6.07, 6.45) is 0. The van der Waals surface area contributed by atoms with E-state index in [0.717, 1.165) is 25.8 Å². The molecule has 0 amide bonds. The van der Waals surface area contributed by atoms with Crippen LogP contribution in [0.4, 0.5) is 5.69 Å². The average molecular weight is 291 g/mol. The van der Waals surface area contributed by atoms with Crippen LogP contribution in [-0.2, 0) is 0 Å². The van der Waals surface area contributed by atoms with Crippen molar-refractivity contribution in [3.63, 3.8) is 0 Å². The molecule has 0 aliphatic heterocycles. The lowest BCUT2D eigenvalue weighted by atomic mass is 10.1. The van der Waals surface area contributed by atoms with E-state index in [1.54, 1.807) is 0 Å². The third kappa shape index (κ3) is 1.90. The standard InChI is InChI=1S/C9H9Br2N/c1-5(2)7-3-6(10)4-8(11)9(7)12/h3-4H,1,12H2,2H3. The summed E-state index contributed by atoms with van der Waals surface area (Å²) < 4.78 is 1.90. The Hall–Kier alpha value is -0.280. The van der Waals surface area contributed by atoms with E-state index in [-0.39, 0.29) is 0 Å². The molecule has 0 bridgehead atoms. The van der Waals surface area contributed by atoms with E-state index in [1.165, 1.54) is 0 Å². The highest BCUT2D eigenvalue weighted by molar-refractivity contribution is 9.11. The molecule has 0 saturated heterocycles. The topological polar surface area (TPSA) is 26.0 Å². The van der Waals surface area contributed by atoms with Gasteiger partial charge in [0.15, 0.2) is 0 Å². The molecule has 1 aromatic rings. The first-order chi connectivity index (χ1) is 5.52. The van der Waals surface area contributed by atoms with Gasteiger partial charge in [-0.05, 0) is 40.6 Å². The third-order valence-electron chi connectivity index (χ3n) is 1.55. The van der Waals surface area contributed by atoms with Crippen molar-refractivity contribution in [2.24, 2.45) is 0 Å². The lowest BCUT2D eigenvalue weighted by molar-refractivity contribution is 1.51. The molecule has 1 aromatic carbocycles. The SMILES string of the molecule is C=C(C)c1cc(Br)cc(Br)c1N. The van der Waals surface area contributed by atoms with Crippen molar-refractivity contribution in [3.8, 4) is 0 Å². The smallest absolute Gasteiger partial charge is 0.0535 e. The Labute approximate surface area is 88.9 Å². The fourth-order valence-electron chi connectivity index (χ4n) is 0.938. The Bertz CT molecular complexity index is 332. The fourth-order valence-corrected chi connectivity index (χ4v) is 2.16. The van der Waals surface area contributed by atoms with E-state index in [9.17, 15) is 0 Å². The summed E-state index contributed by atoms with van der Waals surface area (Å²) in [5.74, 6) is 0. The molecular formula is C9H9Br2N. The van der Waals surface area contributed by atoms with Crippen LogP contribution in [0.2, 0.25) is 0 Å². The van der Waals surface area contributed by atoms with Gasteiger partial charge in [-0.2, -0.15) is 0 Å². The third-order valence-corrected chi connectivity index (χ3v) is 2.67. The van der Waals surface area contributed by atoms with E-state index in [0.29, 0.717) is 0 Å². The number of benzene rings is 1. The van der Waals surface area contributed by atoms with Crippen molar-refractivity contribution in [3.05, 3.63) is 33.2 Å². The Morgan fingerprint density at radius 1 is 1.42 bits per heavy atom. The number of hydrogen-bond donors (Lipinski definition) is 1. The van der Waals surface area contributed by atoms with Crippen LogP contribution >= 0.6 is 31.9 Å². The maximum absolute atomic E-state index is 5.82. The first-order valence-corrected chi connectivity index (χ1v) is 5.01. The van der Waals surface area contributed by atoms with Crippen LogP contribution in [0.25, 0.3) is 5.57 Å². The highest BCUT2D eigenvalue weighted by Crippen LogP contribution is 2.31. The van der Waals surface area contributed by atoms with Crippen molar-refractivity contribution < 1.29 is 0 Å². The quantitative estimate of drug-likeness (QED) is 0.782. The summed E-state index contributed by atoms with van der Waals surface area (Å²) in [6.45, 7) is 5.78. The molecule has 64 valence electrons. The largest absolute Gasteiger partial charge is 0.397 e. The Balaban J connectivity index is 3.37. The minimum atomic E-state index is 0.741. The summed E-state index contributed by atoms with van der Waals surface area (Å²) >= 11 is 6.76. The molecule has 0 aliphatic rings.